The summed E-state index contributed by atoms with van der Waals surface area (Å²) in [4.78, 5) is 8.50. The van der Waals surface area contributed by atoms with E-state index in [9.17, 15) is 0 Å². The fraction of sp³-hybridized carbons (Fsp3) is 0.667. The van der Waals surface area contributed by atoms with Crippen molar-refractivity contribution in [3.05, 3.63) is 18.1 Å². The molecule has 6 heteroatoms. The molecule has 100 valence electrons. The molecule has 1 fully saturated rings. The van der Waals surface area contributed by atoms with Gasteiger partial charge in [-0.1, -0.05) is 13.8 Å². The number of methoxy groups -OCH3 is 1. The summed E-state index contributed by atoms with van der Waals surface area (Å²) in [5.74, 6) is 1.60. The molecule has 0 spiro atoms. The minimum absolute atomic E-state index is 0.124. The Balaban J connectivity index is 2.13. The van der Waals surface area contributed by atoms with Crippen LogP contribution in [0, 0.1) is 0 Å². The molecule has 0 bridgehead atoms. The first-order valence-corrected chi connectivity index (χ1v) is 8.00. The molecule has 2 N–H and O–H groups in total. The third kappa shape index (κ3) is 2.92. The topological polar surface area (TPSA) is 61.0 Å². The molecule has 1 aliphatic heterocycles. The van der Waals surface area contributed by atoms with Gasteiger partial charge in [-0.2, -0.15) is 23.5 Å². The van der Waals surface area contributed by atoms with Crippen molar-refractivity contribution in [1.82, 2.24) is 9.97 Å². The molecular formula is C12H19N3OS2. The van der Waals surface area contributed by atoms with E-state index in [0.717, 1.165) is 11.4 Å². The van der Waals surface area contributed by atoms with Crippen molar-refractivity contribution in [2.45, 2.75) is 35.6 Å². The minimum atomic E-state index is -0.124. The monoisotopic (exact) mass is 285 g/mol. The Hall–Kier alpha value is -0.460. The van der Waals surface area contributed by atoms with E-state index in [4.69, 9.17) is 10.5 Å². The van der Waals surface area contributed by atoms with Gasteiger partial charge >= 0.3 is 0 Å². The molecule has 0 saturated carbocycles. The predicted octanol–water partition coefficient (Wildman–Crippen LogP) is 2.11. The van der Waals surface area contributed by atoms with E-state index in [-0.39, 0.29) is 6.04 Å². The highest BCUT2D eigenvalue weighted by atomic mass is 32.2. The van der Waals surface area contributed by atoms with E-state index in [2.05, 4.69) is 23.8 Å². The van der Waals surface area contributed by atoms with Gasteiger partial charge in [0.15, 0.2) is 0 Å². The van der Waals surface area contributed by atoms with Gasteiger partial charge in [-0.3, -0.25) is 4.98 Å². The van der Waals surface area contributed by atoms with E-state index < -0.39 is 0 Å². The van der Waals surface area contributed by atoms with Gasteiger partial charge in [-0.05, 0) is 0 Å². The van der Waals surface area contributed by atoms with E-state index in [0.29, 0.717) is 21.6 Å². The normalized spacial score (nSPS) is 29.9. The standard InChI is InChI=1S/C12H19N3OS2/c1-7-8(2)18-9(6-17-7)10(13)11-12(16-3)15-5-4-14-11/h4-5,7-10H,6,13H2,1-3H3. The van der Waals surface area contributed by atoms with Crippen LogP contribution in [0.15, 0.2) is 12.4 Å². The van der Waals surface area contributed by atoms with Crippen LogP contribution in [0.5, 0.6) is 5.88 Å². The van der Waals surface area contributed by atoms with Crippen LogP contribution in [0.3, 0.4) is 0 Å². The van der Waals surface area contributed by atoms with E-state index in [1.54, 1.807) is 19.5 Å². The quantitative estimate of drug-likeness (QED) is 0.918. The highest BCUT2D eigenvalue weighted by molar-refractivity contribution is 8.07. The van der Waals surface area contributed by atoms with Crippen LogP contribution in [0.2, 0.25) is 0 Å². The van der Waals surface area contributed by atoms with Crippen molar-refractivity contribution in [3.63, 3.8) is 0 Å². The summed E-state index contributed by atoms with van der Waals surface area (Å²) < 4.78 is 5.24. The fourth-order valence-corrected chi connectivity index (χ4v) is 4.91. The van der Waals surface area contributed by atoms with Gasteiger partial charge in [0.25, 0.3) is 0 Å². The average molecular weight is 285 g/mol. The lowest BCUT2D eigenvalue weighted by Crippen LogP contribution is -2.34. The van der Waals surface area contributed by atoms with Crippen LogP contribution in [-0.2, 0) is 0 Å². The first-order valence-electron chi connectivity index (χ1n) is 6.01. The predicted molar refractivity (Wildman–Crippen MR) is 78.3 cm³/mol. The van der Waals surface area contributed by atoms with Gasteiger partial charge in [0, 0.05) is 33.9 Å². The molecule has 2 heterocycles. The Bertz CT molecular complexity index is 405. The number of aromatic nitrogens is 2. The van der Waals surface area contributed by atoms with Gasteiger partial charge < -0.3 is 10.5 Å². The summed E-state index contributed by atoms with van der Waals surface area (Å²) in [7, 11) is 1.60. The summed E-state index contributed by atoms with van der Waals surface area (Å²) in [5, 5.41) is 1.66. The van der Waals surface area contributed by atoms with Gasteiger partial charge in [0.1, 0.15) is 5.69 Å². The first-order chi connectivity index (χ1) is 8.63. The number of thioether (sulfide) groups is 2. The van der Waals surface area contributed by atoms with Gasteiger partial charge in [0.2, 0.25) is 5.88 Å². The molecular weight excluding hydrogens is 266 g/mol. The highest BCUT2D eigenvalue weighted by Crippen LogP contribution is 2.40. The third-order valence-corrected chi connectivity index (χ3v) is 6.69. The highest BCUT2D eigenvalue weighted by Gasteiger charge is 2.32. The SMILES string of the molecule is COc1nccnc1C(N)C1CSC(C)C(C)S1. The molecule has 0 amide bonds. The molecule has 1 aromatic rings. The number of hydrogen-bond donors (Lipinski definition) is 1. The molecule has 2 rings (SSSR count). The maximum absolute atomic E-state index is 6.34. The van der Waals surface area contributed by atoms with Crippen molar-refractivity contribution < 1.29 is 4.74 Å². The Morgan fingerprint density at radius 3 is 2.72 bits per heavy atom. The van der Waals surface area contributed by atoms with Crippen LogP contribution in [0.1, 0.15) is 25.6 Å². The van der Waals surface area contributed by atoms with Crippen LogP contribution in [0.4, 0.5) is 0 Å². The van der Waals surface area contributed by atoms with Crippen LogP contribution in [0.25, 0.3) is 0 Å². The molecule has 0 radical (unpaired) electrons. The molecule has 1 aromatic heterocycles. The Morgan fingerprint density at radius 2 is 2.06 bits per heavy atom. The van der Waals surface area contributed by atoms with Crippen molar-refractivity contribution in [2.24, 2.45) is 5.73 Å². The lowest BCUT2D eigenvalue weighted by atomic mass is 10.1. The minimum Gasteiger partial charge on any atom is -0.480 e. The molecule has 18 heavy (non-hydrogen) atoms. The van der Waals surface area contributed by atoms with Crippen LogP contribution in [-0.4, -0.2) is 38.6 Å². The van der Waals surface area contributed by atoms with E-state index in [1.807, 2.05) is 23.5 Å². The van der Waals surface area contributed by atoms with E-state index in [1.165, 1.54) is 0 Å². The Morgan fingerprint density at radius 1 is 1.33 bits per heavy atom. The zero-order chi connectivity index (χ0) is 13.1. The van der Waals surface area contributed by atoms with Crippen LogP contribution >= 0.6 is 23.5 Å². The van der Waals surface area contributed by atoms with Crippen LogP contribution < -0.4 is 10.5 Å². The van der Waals surface area contributed by atoms with Gasteiger partial charge in [0.05, 0.1) is 13.2 Å². The van der Waals surface area contributed by atoms with Gasteiger partial charge in [-0.25, -0.2) is 4.98 Å². The number of nitrogens with two attached hydrogens (primary N) is 1. The number of nitrogens with zero attached hydrogens (tertiary/aromatic N) is 2. The fourth-order valence-electron chi connectivity index (χ4n) is 1.89. The summed E-state index contributed by atoms with van der Waals surface area (Å²) in [5.41, 5.74) is 7.10. The molecule has 4 unspecified atom stereocenters. The molecule has 4 nitrogen and oxygen atoms in total. The number of ether oxygens (including phenoxy) is 1. The summed E-state index contributed by atoms with van der Waals surface area (Å²) in [6, 6.07) is -0.124. The Labute approximate surface area is 116 Å². The van der Waals surface area contributed by atoms with Crippen molar-refractivity contribution in [2.75, 3.05) is 12.9 Å². The second kappa shape index (κ2) is 6.12. The van der Waals surface area contributed by atoms with Gasteiger partial charge in [-0.15, -0.1) is 0 Å². The van der Waals surface area contributed by atoms with E-state index >= 15 is 0 Å². The molecule has 0 aliphatic carbocycles. The number of hydrogen-bond acceptors (Lipinski definition) is 6. The zero-order valence-electron chi connectivity index (χ0n) is 10.9. The second-order valence-corrected chi connectivity index (χ2v) is 7.43. The number of rotatable bonds is 3. The zero-order valence-corrected chi connectivity index (χ0v) is 12.5. The molecule has 1 aliphatic rings. The molecule has 4 atom stereocenters. The first kappa shape index (κ1) is 14.0. The second-order valence-electron chi connectivity index (χ2n) is 4.39. The summed E-state index contributed by atoms with van der Waals surface area (Å²) >= 11 is 3.93. The molecule has 1 saturated heterocycles. The third-order valence-electron chi connectivity index (χ3n) is 3.17. The maximum Gasteiger partial charge on any atom is 0.237 e. The summed E-state index contributed by atoms with van der Waals surface area (Å²) in [6.45, 7) is 4.53. The smallest absolute Gasteiger partial charge is 0.237 e. The Kier molecular flexibility index (Phi) is 4.75. The van der Waals surface area contributed by atoms with Crippen molar-refractivity contribution >= 4 is 23.5 Å². The average Bonchev–Trinajstić information content (AvgIpc) is 2.41. The van der Waals surface area contributed by atoms with Crippen molar-refractivity contribution in [3.8, 4) is 5.88 Å². The molecule has 0 aromatic carbocycles. The summed E-state index contributed by atoms with van der Waals surface area (Å²) in [6.07, 6.45) is 3.30. The largest absolute Gasteiger partial charge is 0.480 e. The maximum atomic E-state index is 6.34. The lowest BCUT2D eigenvalue weighted by Gasteiger charge is -2.34. The lowest BCUT2D eigenvalue weighted by molar-refractivity contribution is 0.384. The van der Waals surface area contributed by atoms with Crippen molar-refractivity contribution in [1.29, 1.82) is 0 Å².